The van der Waals surface area contributed by atoms with Gasteiger partial charge in [-0.15, -0.1) is 22.7 Å². The number of rotatable bonds is 3. The number of hydrogen-bond donors (Lipinski definition) is 2. The molecule has 136 valence electrons. The second kappa shape index (κ2) is 6.60. The minimum Gasteiger partial charge on any atom is -0.459 e. The number of amides is 1. The third kappa shape index (κ3) is 2.97. The van der Waals surface area contributed by atoms with Gasteiger partial charge in [0, 0.05) is 12.0 Å². The fourth-order valence-electron chi connectivity index (χ4n) is 3.49. The minimum absolute atomic E-state index is 0.221. The van der Waals surface area contributed by atoms with Gasteiger partial charge in [0.15, 0.2) is 5.76 Å². The van der Waals surface area contributed by atoms with E-state index in [0.717, 1.165) is 45.3 Å². The number of carbonyl (C=O) groups is 1. The number of nitrogens with one attached hydrogen (secondary N) is 2. The Morgan fingerprint density at radius 2 is 2.11 bits per heavy atom. The molecule has 0 fully saturated rings. The monoisotopic (exact) mass is 396 g/mol. The largest absolute Gasteiger partial charge is 0.459 e. The van der Waals surface area contributed by atoms with Crippen LogP contribution in [0.3, 0.4) is 0 Å². The molecule has 0 bridgehead atoms. The summed E-state index contributed by atoms with van der Waals surface area (Å²) < 4.78 is 6.42. The van der Waals surface area contributed by atoms with E-state index in [2.05, 4.69) is 18.4 Å². The zero-order valence-electron chi connectivity index (χ0n) is 14.7. The van der Waals surface area contributed by atoms with Crippen LogP contribution >= 0.6 is 22.7 Å². The fraction of sp³-hybridized carbons (Fsp3) is 0.200. The molecule has 3 aromatic heterocycles. The van der Waals surface area contributed by atoms with Crippen LogP contribution < -0.4 is 10.2 Å². The van der Waals surface area contributed by atoms with Crippen molar-refractivity contribution in [1.82, 2.24) is 4.98 Å². The molecule has 1 aliphatic heterocycles. The number of thiazole rings is 1. The van der Waals surface area contributed by atoms with Crippen LogP contribution in [0.25, 0.3) is 20.8 Å². The molecule has 5 rings (SSSR count). The van der Waals surface area contributed by atoms with Crippen molar-refractivity contribution in [3.63, 3.8) is 0 Å². The number of likely N-dealkylation sites (N-methyl/N-ethyl adjacent to an activating group) is 1. The summed E-state index contributed by atoms with van der Waals surface area (Å²) in [5, 5.41) is 4.92. The van der Waals surface area contributed by atoms with Gasteiger partial charge in [-0.25, -0.2) is 4.98 Å². The highest BCUT2D eigenvalue weighted by molar-refractivity contribution is 7.22. The van der Waals surface area contributed by atoms with Crippen LogP contribution in [0.5, 0.6) is 0 Å². The number of quaternary nitrogens is 1. The first-order valence-electron chi connectivity index (χ1n) is 8.85. The Kier molecular flexibility index (Phi) is 4.07. The Morgan fingerprint density at radius 3 is 2.93 bits per heavy atom. The third-order valence-corrected chi connectivity index (χ3v) is 7.04. The van der Waals surface area contributed by atoms with Crippen LogP contribution in [-0.4, -0.2) is 24.5 Å². The molecule has 5 nitrogen and oxygen atoms in total. The van der Waals surface area contributed by atoms with Gasteiger partial charge in [0.25, 0.3) is 5.91 Å². The lowest BCUT2D eigenvalue weighted by Crippen LogP contribution is -3.08. The minimum atomic E-state index is -0.221. The predicted octanol–water partition coefficient (Wildman–Crippen LogP) is 3.44. The van der Waals surface area contributed by atoms with Gasteiger partial charge in [-0.3, -0.25) is 4.79 Å². The summed E-state index contributed by atoms with van der Waals surface area (Å²) in [4.78, 5) is 20.3. The van der Waals surface area contributed by atoms with Crippen molar-refractivity contribution in [1.29, 1.82) is 0 Å². The smallest absolute Gasteiger partial charge is 0.291 e. The summed E-state index contributed by atoms with van der Waals surface area (Å²) in [5.74, 6) is 0.0982. The highest BCUT2D eigenvalue weighted by Crippen LogP contribution is 2.44. The molecule has 0 aliphatic carbocycles. The number of nitrogens with zero attached hydrogens (tertiary/aromatic N) is 1. The number of benzene rings is 1. The van der Waals surface area contributed by atoms with Gasteiger partial charge in [0.1, 0.15) is 16.6 Å². The second-order valence-electron chi connectivity index (χ2n) is 6.76. The van der Waals surface area contributed by atoms with Crippen LogP contribution in [0.4, 0.5) is 5.00 Å². The number of para-hydroxylation sites is 1. The Hall–Kier alpha value is -2.48. The highest BCUT2D eigenvalue weighted by Gasteiger charge is 2.28. The standard InChI is InChI=1S/C20H17N3O2S2/c1-23-9-8-12-16(11-23)27-20(22-18(24)14-6-4-10-25-14)17(12)19-21-13-5-2-3-7-15(13)26-19/h2-7,10H,8-9,11H2,1H3,(H,22,24)/p+1. The Bertz CT molecular complexity index is 1090. The molecule has 27 heavy (non-hydrogen) atoms. The molecular formula is C20H18N3O2S2+. The van der Waals surface area contributed by atoms with Gasteiger partial charge in [0.05, 0.1) is 34.9 Å². The average molecular weight is 397 g/mol. The number of anilines is 1. The van der Waals surface area contributed by atoms with Crippen molar-refractivity contribution in [2.24, 2.45) is 0 Å². The normalized spacial score (nSPS) is 16.4. The van der Waals surface area contributed by atoms with E-state index >= 15 is 0 Å². The maximum atomic E-state index is 12.6. The molecule has 0 spiro atoms. The summed E-state index contributed by atoms with van der Waals surface area (Å²) in [6.45, 7) is 2.07. The fourth-order valence-corrected chi connectivity index (χ4v) is 5.95. The quantitative estimate of drug-likeness (QED) is 0.558. The van der Waals surface area contributed by atoms with Crippen LogP contribution in [0, 0.1) is 0 Å². The lowest BCUT2D eigenvalue weighted by atomic mass is 10.0. The maximum Gasteiger partial charge on any atom is 0.291 e. The summed E-state index contributed by atoms with van der Waals surface area (Å²) in [6, 6.07) is 11.6. The number of fused-ring (bicyclic) bond motifs is 2. The van der Waals surface area contributed by atoms with Gasteiger partial charge >= 0.3 is 0 Å². The molecule has 1 amide bonds. The topological polar surface area (TPSA) is 59.6 Å². The van der Waals surface area contributed by atoms with E-state index in [0.29, 0.717) is 5.76 Å². The maximum absolute atomic E-state index is 12.6. The van der Waals surface area contributed by atoms with Crippen molar-refractivity contribution in [2.75, 3.05) is 18.9 Å². The number of thiophene rings is 1. The molecule has 4 aromatic rings. The van der Waals surface area contributed by atoms with Crippen molar-refractivity contribution in [2.45, 2.75) is 13.0 Å². The van der Waals surface area contributed by atoms with Crippen LogP contribution in [0.1, 0.15) is 21.0 Å². The van der Waals surface area contributed by atoms with E-state index in [4.69, 9.17) is 9.40 Å². The lowest BCUT2D eigenvalue weighted by Gasteiger charge is -2.19. The lowest BCUT2D eigenvalue weighted by molar-refractivity contribution is -0.895. The second-order valence-corrected chi connectivity index (χ2v) is 8.90. The predicted molar refractivity (Wildman–Crippen MR) is 109 cm³/mol. The number of aromatic nitrogens is 1. The van der Waals surface area contributed by atoms with Crippen molar-refractivity contribution >= 4 is 43.8 Å². The molecule has 0 saturated heterocycles. The first-order valence-corrected chi connectivity index (χ1v) is 10.5. The number of hydrogen-bond acceptors (Lipinski definition) is 5. The van der Waals surface area contributed by atoms with E-state index < -0.39 is 0 Å². The third-order valence-electron chi connectivity index (χ3n) is 4.83. The number of furan rings is 1. The Morgan fingerprint density at radius 1 is 1.22 bits per heavy atom. The van der Waals surface area contributed by atoms with E-state index in [1.54, 1.807) is 34.8 Å². The molecule has 1 aromatic carbocycles. The van der Waals surface area contributed by atoms with Gasteiger partial charge in [0.2, 0.25) is 0 Å². The van der Waals surface area contributed by atoms with E-state index in [9.17, 15) is 4.79 Å². The zero-order valence-corrected chi connectivity index (χ0v) is 16.4. The molecule has 4 heterocycles. The van der Waals surface area contributed by atoms with Crippen molar-refractivity contribution in [3.05, 3.63) is 58.9 Å². The molecule has 1 atom stereocenters. The van der Waals surface area contributed by atoms with E-state index in [-0.39, 0.29) is 5.91 Å². The van der Waals surface area contributed by atoms with Crippen molar-refractivity contribution < 1.29 is 14.1 Å². The summed E-state index contributed by atoms with van der Waals surface area (Å²) in [5.41, 5.74) is 3.42. The first kappa shape index (κ1) is 16.7. The van der Waals surface area contributed by atoms with Crippen LogP contribution in [0.2, 0.25) is 0 Å². The molecule has 0 saturated carbocycles. The van der Waals surface area contributed by atoms with Gasteiger partial charge in [-0.2, -0.15) is 0 Å². The Balaban J connectivity index is 1.62. The molecule has 7 heteroatoms. The SMILES string of the molecule is C[NH+]1CCc2c(sc(NC(=O)c3ccco3)c2-c2nc3ccccc3s2)C1. The van der Waals surface area contributed by atoms with E-state index in [1.807, 2.05) is 18.2 Å². The average Bonchev–Trinajstić information content (AvgIpc) is 3.38. The van der Waals surface area contributed by atoms with Crippen LogP contribution in [-0.2, 0) is 13.0 Å². The van der Waals surface area contributed by atoms with Crippen LogP contribution in [0.15, 0.2) is 47.1 Å². The summed E-state index contributed by atoms with van der Waals surface area (Å²) in [7, 11) is 2.21. The van der Waals surface area contributed by atoms with E-state index in [1.165, 1.54) is 21.6 Å². The molecule has 0 radical (unpaired) electrons. The Labute approximate surface area is 164 Å². The zero-order chi connectivity index (χ0) is 18.4. The van der Waals surface area contributed by atoms with Crippen molar-refractivity contribution in [3.8, 4) is 10.6 Å². The number of carbonyl (C=O) groups excluding carboxylic acids is 1. The molecule has 1 unspecified atom stereocenters. The van der Waals surface area contributed by atoms with Gasteiger partial charge in [-0.1, -0.05) is 12.1 Å². The summed E-state index contributed by atoms with van der Waals surface area (Å²) >= 11 is 3.35. The first-order chi connectivity index (χ1) is 13.2. The highest BCUT2D eigenvalue weighted by atomic mass is 32.1. The molecular weight excluding hydrogens is 378 g/mol. The molecule has 2 N–H and O–H groups in total. The van der Waals surface area contributed by atoms with Gasteiger partial charge < -0.3 is 14.6 Å². The summed E-state index contributed by atoms with van der Waals surface area (Å²) in [6.07, 6.45) is 2.51. The van der Waals surface area contributed by atoms with Gasteiger partial charge in [-0.05, 0) is 29.8 Å². The molecule has 1 aliphatic rings.